The van der Waals surface area contributed by atoms with Crippen LogP contribution in [0.3, 0.4) is 0 Å². The van der Waals surface area contributed by atoms with Gasteiger partial charge in [0, 0.05) is 11.6 Å². The Morgan fingerprint density at radius 2 is 2.04 bits per heavy atom. The van der Waals surface area contributed by atoms with Crippen molar-refractivity contribution >= 4 is 39.0 Å². The first-order chi connectivity index (χ1) is 12.7. The lowest BCUT2D eigenvalue weighted by atomic mass is 10.2. The van der Waals surface area contributed by atoms with Crippen LogP contribution in [-0.4, -0.2) is 36.2 Å². The van der Waals surface area contributed by atoms with Crippen LogP contribution in [0.15, 0.2) is 51.7 Å². The zero-order valence-electron chi connectivity index (χ0n) is 14.0. The van der Waals surface area contributed by atoms with E-state index in [1.165, 1.54) is 16.7 Å². The predicted octanol–water partition coefficient (Wildman–Crippen LogP) is 2.77. The number of hydrogen-bond donors (Lipinski definition) is 1. The summed E-state index contributed by atoms with van der Waals surface area (Å²) in [6, 6.07) is 13.4. The number of para-hydroxylation sites is 1. The molecule has 8 heteroatoms. The minimum Gasteiger partial charge on any atom is -0.370 e. The minimum absolute atomic E-state index is 0.152. The van der Waals surface area contributed by atoms with E-state index in [1.54, 1.807) is 17.4 Å². The zero-order chi connectivity index (χ0) is 17.9. The molecule has 0 bridgehead atoms. The van der Waals surface area contributed by atoms with Crippen molar-refractivity contribution in [2.75, 3.05) is 26.3 Å². The molecule has 0 amide bonds. The van der Waals surface area contributed by atoms with Gasteiger partial charge < -0.3 is 9.64 Å². The van der Waals surface area contributed by atoms with Gasteiger partial charge >= 0.3 is 0 Å². The van der Waals surface area contributed by atoms with Crippen LogP contribution in [0.5, 0.6) is 0 Å². The molecular formula is C18H18N3O3S2+. The van der Waals surface area contributed by atoms with Crippen LogP contribution in [0.1, 0.15) is 5.56 Å². The highest BCUT2D eigenvalue weighted by Crippen LogP contribution is 2.38. The number of morpholine rings is 1. The number of thiazole rings is 1. The van der Waals surface area contributed by atoms with Crippen LogP contribution in [0.25, 0.3) is 10.2 Å². The number of fused-ring (bicyclic) bond motifs is 1. The Labute approximate surface area is 158 Å². The van der Waals surface area contributed by atoms with Gasteiger partial charge in [-0.15, -0.1) is 11.3 Å². The molecule has 1 aliphatic rings. The van der Waals surface area contributed by atoms with Gasteiger partial charge in [0.05, 0.1) is 33.2 Å². The average Bonchev–Trinajstić information content (AvgIpc) is 3.06. The Hall–Kier alpha value is -2.00. The van der Waals surface area contributed by atoms with Gasteiger partial charge in [0.15, 0.2) is 4.34 Å². The molecule has 0 aliphatic carbocycles. The van der Waals surface area contributed by atoms with Crippen LogP contribution in [-0.2, 0) is 11.3 Å². The number of ether oxygens (including phenoxy) is 1. The Kier molecular flexibility index (Phi) is 5.16. The molecule has 1 aromatic heterocycles. The van der Waals surface area contributed by atoms with Gasteiger partial charge in [0.1, 0.15) is 19.6 Å². The van der Waals surface area contributed by atoms with E-state index in [0.717, 1.165) is 53.0 Å². The number of quaternary nitrogens is 1. The first-order valence-corrected chi connectivity index (χ1v) is 10.0. The number of nitro benzene ring substituents is 1. The van der Waals surface area contributed by atoms with Gasteiger partial charge in [-0.2, -0.15) is 0 Å². The van der Waals surface area contributed by atoms with E-state index in [4.69, 9.17) is 4.74 Å². The lowest BCUT2D eigenvalue weighted by molar-refractivity contribution is -0.921. The van der Waals surface area contributed by atoms with Gasteiger partial charge in [-0.1, -0.05) is 30.0 Å². The summed E-state index contributed by atoms with van der Waals surface area (Å²) in [5.74, 6) is 0. The van der Waals surface area contributed by atoms with E-state index in [-0.39, 0.29) is 10.6 Å². The molecule has 0 saturated carbocycles. The Morgan fingerprint density at radius 3 is 2.81 bits per heavy atom. The van der Waals surface area contributed by atoms with Crippen LogP contribution in [0, 0.1) is 10.1 Å². The molecule has 3 aromatic rings. The molecular weight excluding hydrogens is 370 g/mol. The van der Waals surface area contributed by atoms with Crippen LogP contribution in [0.2, 0.25) is 0 Å². The van der Waals surface area contributed by atoms with Gasteiger partial charge in [-0.25, -0.2) is 4.98 Å². The van der Waals surface area contributed by atoms with Crippen molar-refractivity contribution in [3.05, 3.63) is 58.1 Å². The van der Waals surface area contributed by atoms with Crippen LogP contribution in [0.4, 0.5) is 5.69 Å². The fourth-order valence-corrected chi connectivity index (χ4v) is 5.12. The first kappa shape index (κ1) is 17.4. The van der Waals surface area contributed by atoms with Crippen molar-refractivity contribution < 1.29 is 14.6 Å². The molecule has 134 valence electrons. The lowest BCUT2D eigenvalue weighted by Crippen LogP contribution is -3.12. The number of nitro groups is 1. The summed E-state index contributed by atoms with van der Waals surface area (Å²) >= 11 is 2.92. The summed E-state index contributed by atoms with van der Waals surface area (Å²) in [4.78, 5) is 17.9. The van der Waals surface area contributed by atoms with Crippen molar-refractivity contribution in [3.63, 3.8) is 0 Å². The highest BCUT2D eigenvalue weighted by molar-refractivity contribution is 8.01. The molecule has 2 aromatic carbocycles. The predicted molar refractivity (Wildman–Crippen MR) is 102 cm³/mol. The van der Waals surface area contributed by atoms with Crippen molar-refractivity contribution in [1.29, 1.82) is 0 Å². The van der Waals surface area contributed by atoms with Crippen LogP contribution < -0.4 is 4.90 Å². The smallest absolute Gasteiger partial charge is 0.283 e. The number of rotatable bonds is 5. The van der Waals surface area contributed by atoms with Gasteiger partial charge in [-0.05, 0) is 18.2 Å². The van der Waals surface area contributed by atoms with E-state index in [9.17, 15) is 10.1 Å². The third-order valence-electron chi connectivity index (χ3n) is 4.35. The van der Waals surface area contributed by atoms with Crippen molar-refractivity contribution in [3.8, 4) is 0 Å². The molecule has 1 saturated heterocycles. The molecule has 0 unspecified atom stereocenters. The van der Waals surface area contributed by atoms with Crippen molar-refractivity contribution in [2.45, 2.75) is 15.8 Å². The Morgan fingerprint density at radius 1 is 1.23 bits per heavy atom. The second-order valence-electron chi connectivity index (χ2n) is 6.15. The normalized spacial score (nSPS) is 15.4. The van der Waals surface area contributed by atoms with E-state index >= 15 is 0 Å². The summed E-state index contributed by atoms with van der Waals surface area (Å²) < 4.78 is 7.28. The fraction of sp³-hybridized carbons (Fsp3) is 0.278. The molecule has 1 fully saturated rings. The third kappa shape index (κ3) is 3.88. The maximum absolute atomic E-state index is 11.6. The molecule has 4 rings (SSSR count). The summed E-state index contributed by atoms with van der Waals surface area (Å²) in [5, 5.41) is 11.6. The second-order valence-corrected chi connectivity index (χ2v) is 8.47. The summed E-state index contributed by atoms with van der Waals surface area (Å²) in [5.41, 5.74) is 2.07. The molecule has 0 atom stereocenters. The van der Waals surface area contributed by atoms with E-state index in [1.807, 2.05) is 36.4 Å². The molecule has 26 heavy (non-hydrogen) atoms. The number of nitrogens with zero attached hydrogens (tertiary/aromatic N) is 2. The lowest BCUT2D eigenvalue weighted by Gasteiger charge is -2.23. The maximum atomic E-state index is 11.6. The Bertz CT molecular complexity index is 905. The molecule has 6 nitrogen and oxygen atoms in total. The van der Waals surface area contributed by atoms with Crippen molar-refractivity contribution in [2.24, 2.45) is 0 Å². The quantitative estimate of drug-likeness (QED) is 0.538. The summed E-state index contributed by atoms with van der Waals surface area (Å²) in [6.45, 7) is 4.17. The monoisotopic (exact) mass is 388 g/mol. The van der Waals surface area contributed by atoms with E-state index in [2.05, 4.69) is 4.98 Å². The molecule has 1 N–H and O–H groups in total. The number of nitrogens with one attached hydrogen (secondary N) is 1. The van der Waals surface area contributed by atoms with Gasteiger partial charge in [0.25, 0.3) is 5.69 Å². The number of aromatic nitrogens is 1. The first-order valence-electron chi connectivity index (χ1n) is 8.41. The summed E-state index contributed by atoms with van der Waals surface area (Å²) in [6.07, 6.45) is 0. The molecule has 0 spiro atoms. The average molecular weight is 388 g/mol. The molecule has 1 aliphatic heterocycles. The number of benzene rings is 2. The maximum Gasteiger partial charge on any atom is 0.283 e. The molecule has 0 radical (unpaired) electrons. The minimum atomic E-state index is -0.298. The fourth-order valence-electron chi connectivity index (χ4n) is 3.02. The van der Waals surface area contributed by atoms with E-state index in [0.29, 0.717) is 4.90 Å². The van der Waals surface area contributed by atoms with Gasteiger partial charge in [0.2, 0.25) is 0 Å². The highest BCUT2D eigenvalue weighted by atomic mass is 32.2. The SMILES string of the molecule is O=[N+]([O-])c1cc(C[NH+]2CCOCC2)ccc1Sc1nc2ccccc2s1. The summed E-state index contributed by atoms with van der Waals surface area (Å²) in [7, 11) is 0. The Balaban J connectivity index is 1.57. The van der Waals surface area contributed by atoms with E-state index < -0.39 is 0 Å². The second kappa shape index (κ2) is 7.71. The van der Waals surface area contributed by atoms with Crippen LogP contribution >= 0.6 is 23.1 Å². The largest absolute Gasteiger partial charge is 0.370 e. The topological polar surface area (TPSA) is 69.7 Å². The number of hydrogen-bond acceptors (Lipinski definition) is 6. The highest BCUT2D eigenvalue weighted by Gasteiger charge is 2.20. The third-order valence-corrected chi connectivity index (χ3v) is 6.51. The van der Waals surface area contributed by atoms with Gasteiger partial charge in [-0.3, -0.25) is 10.1 Å². The molecule has 2 heterocycles. The standard InChI is InChI=1S/C18H17N3O3S2/c22-21(23)15-11-13(12-20-7-9-24-10-8-20)5-6-17(15)26-18-19-14-3-1-2-4-16(14)25-18/h1-6,11H,7-10,12H2/p+1. The van der Waals surface area contributed by atoms with Crippen molar-refractivity contribution in [1.82, 2.24) is 4.98 Å². The zero-order valence-corrected chi connectivity index (χ0v) is 15.6.